The van der Waals surface area contributed by atoms with Gasteiger partial charge in [-0.2, -0.15) is 0 Å². The predicted octanol–water partition coefficient (Wildman–Crippen LogP) is -4.81. The van der Waals surface area contributed by atoms with Crippen LogP contribution in [0.5, 0.6) is 0 Å². The third-order valence-electron chi connectivity index (χ3n) is 1.99. The van der Waals surface area contributed by atoms with Crippen molar-refractivity contribution in [2.24, 2.45) is 0 Å². The Kier molecular flexibility index (Phi) is 10.6. The van der Waals surface area contributed by atoms with E-state index in [0.29, 0.717) is 11.0 Å². The third-order valence-corrected chi connectivity index (χ3v) is 1.99. The highest BCUT2D eigenvalue weighted by Gasteiger charge is 2.24. The van der Waals surface area contributed by atoms with Gasteiger partial charge in [-0.3, -0.25) is 14.4 Å². The van der Waals surface area contributed by atoms with Crippen LogP contribution in [0.4, 0.5) is 0 Å². The minimum absolute atomic E-state index is 0.247. The topological polar surface area (TPSA) is 193 Å². The van der Waals surface area contributed by atoms with Gasteiger partial charge in [0.2, 0.25) is 0 Å². The zero-order valence-corrected chi connectivity index (χ0v) is 13.6. The van der Waals surface area contributed by atoms with Crippen molar-refractivity contribution in [3.8, 4) is 0 Å². The number of rotatable bonds is 8. The molecule has 0 saturated carbocycles. The van der Waals surface area contributed by atoms with Gasteiger partial charge < -0.3 is 19.4 Å². The van der Waals surface area contributed by atoms with Crippen molar-refractivity contribution in [2.45, 2.75) is 25.4 Å². The number of quaternary nitrogens is 1. The number of ether oxygens (including phenoxy) is 1. The molecule has 0 rings (SSSR count). The van der Waals surface area contributed by atoms with Gasteiger partial charge in [0, 0.05) is 0 Å². The second kappa shape index (κ2) is 10.3. The minimum Gasteiger partial charge on any atom is -0.481 e. The summed E-state index contributed by atoms with van der Waals surface area (Å²) in [7, 11) is 0.597. The summed E-state index contributed by atoms with van der Waals surface area (Å²) < 4.78 is 39.4. The number of nitrogens with zero attached hydrogens (tertiary/aromatic N) is 1. The molecular weight excluding hydrogens is 342 g/mol. The van der Waals surface area contributed by atoms with Crippen LogP contribution >= 0.6 is 0 Å². The predicted molar refractivity (Wildman–Crippen MR) is 61.9 cm³/mol. The maximum absolute atomic E-state index is 11.3. The van der Waals surface area contributed by atoms with Gasteiger partial charge in [0.05, 0.1) is 40.4 Å². The SMILES string of the molecule is C[N+](C)(C)C[C@@H](CC(=O)O)OC(=O)CCC(=O)O.[O-][Cl+3]([O-])([O-])[O-]. The largest absolute Gasteiger partial charge is 0.481 e. The molecule has 0 aliphatic rings. The number of carboxylic acids is 2. The standard InChI is InChI=1S/C11H19NO6.ClHO4/c1-12(2,3)7-8(6-10(15)16)18-11(17)5-4-9(13)14;2-1(3,4)5/h8H,4-7H2,1-3H3,(H-,13,14,15,16);(H,2,3,4,5)/t8-;/m1./s1. The van der Waals surface area contributed by atoms with Crippen molar-refractivity contribution in [3.63, 3.8) is 0 Å². The van der Waals surface area contributed by atoms with Crippen LogP contribution in [0.2, 0.25) is 0 Å². The van der Waals surface area contributed by atoms with E-state index in [1.807, 2.05) is 21.1 Å². The molecule has 1 atom stereocenters. The number of likely N-dealkylation sites (N-methyl/N-ethyl adjacent to an activating group) is 1. The Balaban J connectivity index is 0. The van der Waals surface area contributed by atoms with Crippen LogP contribution in [0.15, 0.2) is 0 Å². The number of carbonyl (C=O) groups excluding carboxylic acids is 1. The first-order valence-electron chi connectivity index (χ1n) is 6.15. The molecule has 0 spiro atoms. The number of carboxylic acid groups (broad SMARTS) is 2. The van der Waals surface area contributed by atoms with Gasteiger partial charge >= 0.3 is 17.9 Å². The molecule has 0 bridgehead atoms. The summed E-state index contributed by atoms with van der Waals surface area (Å²) >= 11 is 0. The third kappa shape index (κ3) is 25.8. The van der Waals surface area contributed by atoms with E-state index in [1.165, 1.54) is 0 Å². The Morgan fingerprint density at radius 3 is 1.74 bits per heavy atom. The zero-order chi connectivity index (χ0) is 18.8. The highest BCUT2D eigenvalue weighted by Crippen LogP contribution is 2.07. The quantitative estimate of drug-likeness (QED) is 0.313. The zero-order valence-electron chi connectivity index (χ0n) is 12.9. The average Bonchev–Trinajstić information content (AvgIpc) is 2.20. The van der Waals surface area contributed by atoms with Crippen molar-refractivity contribution < 1.29 is 62.7 Å². The number of carbonyl (C=O) groups is 3. The number of aliphatic carboxylic acids is 2. The van der Waals surface area contributed by atoms with E-state index in [9.17, 15) is 14.4 Å². The van der Waals surface area contributed by atoms with Crippen LogP contribution in [0.25, 0.3) is 0 Å². The molecule has 136 valence electrons. The normalized spacial score (nSPS) is 12.7. The molecular formula is C11H20ClNO10. The maximum Gasteiger partial charge on any atom is 0.307 e. The van der Waals surface area contributed by atoms with Crippen molar-refractivity contribution in [1.29, 1.82) is 0 Å². The highest BCUT2D eigenvalue weighted by atomic mass is 35.7. The van der Waals surface area contributed by atoms with E-state index in [4.69, 9.17) is 33.6 Å². The summed E-state index contributed by atoms with van der Waals surface area (Å²) in [6, 6.07) is 0. The average molecular weight is 362 g/mol. The molecule has 2 N–H and O–H groups in total. The van der Waals surface area contributed by atoms with E-state index < -0.39 is 34.3 Å². The fraction of sp³-hybridized carbons (Fsp3) is 0.727. The number of halogens is 1. The second-order valence-electron chi connectivity index (χ2n) is 5.45. The van der Waals surface area contributed by atoms with Crippen LogP contribution in [0.1, 0.15) is 19.3 Å². The summed E-state index contributed by atoms with van der Waals surface area (Å²) in [5.74, 6) is -2.83. The number of esters is 1. The van der Waals surface area contributed by atoms with Crippen molar-refractivity contribution in [2.75, 3.05) is 27.7 Å². The van der Waals surface area contributed by atoms with Gasteiger partial charge in [-0.25, -0.2) is 18.6 Å². The van der Waals surface area contributed by atoms with E-state index in [-0.39, 0.29) is 19.3 Å². The molecule has 0 aliphatic carbocycles. The molecule has 12 heteroatoms. The molecule has 0 aliphatic heterocycles. The Labute approximate surface area is 134 Å². The minimum atomic E-state index is -4.94. The number of hydrogen-bond donors (Lipinski definition) is 2. The molecule has 11 nitrogen and oxygen atoms in total. The van der Waals surface area contributed by atoms with Gasteiger partial charge in [-0.05, 0) is 0 Å². The second-order valence-corrected chi connectivity index (χ2v) is 6.21. The van der Waals surface area contributed by atoms with Gasteiger partial charge in [-0.1, -0.05) is 0 Å². The molecule has 0 aromatic rings. The summed E-state index contributed by atoms with van der Waals surface area (Å²) in [6.45, 7) is 0.352. The lowest BCUT2D eigenvalue weighted by Crippen LogP contribution is -2.68. The van der Waals surface area contributed by atoms with Crippen molar-refractivity contribution >= 4 is 17.9 Å². The van der Waals surface area contributed by atoms with E-state index in [1.54, 1.807) is 0 Å². The molecule has 0 fully saturated rings. The van der Waals surface area contributed by atoms with Crippen LogP contribution in [0, 0.1) is 10.2 Å². The van der Waals surface area contributed by atoms with Crippen LogP contribution in [0.3, 0.4) is 0 Å². The van der Waals surface area contributed by atoms with Gasteiger partial charge in [0.25, 0.3) is 0 Å². The molecule has 0 aromatic heterocycles. The highest BCUT2D eigenvalue weighted by molar-refractivity contribution is 5.77. The number of hydrogen-bond acceptors (Lipinski definition) is 8. The molecule has 23 heavy (non-hydrogen) atoms. The summed E-state index contributed by atoms with van der Waals surface area (Å²) in [5.41, 5.74) is 0. The lowest BCUT2D eigenvalue weighted by molar-refractivity contribution is -2.00. The Bertz CT molecular complexity index is 395. The molecule has 0 radical (unpaired) electrons. The lowest BCUT2D eigenvalue weighted by atomic mass is 10.2. The van der Waals surface area contributed by atoms with E-state index in [2.05, 4.69) is 0 Å². The Morgan fingerprint density at radius 1 is 1.00 bits per heavy atom. The first-order chi connectivity index (χ1) is 10.1. The fourth-order valence-corrected chi connectivity index (χ4v) is 1.40. The van der Waals surface area contributed by atoms with E-state index >= 15 is 0 Å². The van der Waals surface area contributed by atoms with Crippen LogP contribution < -0.4 is 18.6 Å². The smallest absolute Gasteiger partial charge is 0.307 e. The molecule has 0 heterocycles. The lowest BCUT2D eigenvalue weighted by Gasteiger charge is -2.28. The van der Waals surface area contributed by atoms with Gasteiger partial charge in [0.15, 0.2) is 6.10 Å². The fourth-order valence-electron chi connectivity index (χ4n) is 1.40. The summed E-state index contributed by atoms with van der Waals surface area (Å²) in [4.78, 5) is 32.3. The monoisotopic (exact) mass is 361 g/mol. The van der Waals surface area contributed by atoms with Gasteiger partial charge in [-0.15, -0.1) is 10.2 Å². The molecule has 0 amide bonds. The van der Waals surface area contributed by atoms with Gasteiger partial charge in [0.1, 0.15) is 6.54 Å². The molecule has 0 aromatic carbocycles. The summed E-state index contributed by atoms with van der Waals surface area (Å²) in [5, 5.41) is 17.1. The Hall–Kier alpha value is -1.50. The van der Waals surface area contributed by atoms with Crippen LogP contribution in [-0.2, 0) is 19.1 Å². The first-order valence-corrected chi connectivity index (χ1v) is 7.39. The maximum atomic E-state index is 11.3. The molecule has 0 saturated heterocycles. The first kappa shape index (κ1) is 23.8. The van der Waals surface area contributed by atoms with Crippen molar-refractivity contribution in [1.82, 2.24) is 0 Å². The van der Waals surface area contributed by atoms with Crippen molar-refractivity contribution in [3.05, 3.63) is 0 Å². The summed E-state index contributed by atoms with van der Waals surface area (Å²) in [6.07, 6.45) is -1.59. The Morgan fingerprint density at radius 2 is 1.43 bits per heavy atom. The van der Waals surface area contributed by atoms with Crippen LogP contribution in [-0.4, -0.2) is 66.4 Å². The molecule has 0 unspecified atom stereocenters. The van der Waals surface area contributed by atoms with E-state index in [0.717, 1.165) is 0 Å².